The maximum Gasteiger partial charge on any atom is 0.0347 e. The summed E-state index contributed by atoms with van der Waals surface area (Å²) in [5.41, 5.74) is 4.28. The van der Waals surface area contributed by atoms with E-state index >= 15 is 0 Å². The lowest BCUT2D eigenvalue weighted by Crippen LogP contribution is -2.26. The van der Waals surface area contributed by atoms with Crippen molar-refractivity contribution in [3.8, 4) is 0 Å². The fourth-order valence-electron chi connectivity index (χ4n) is 2.11. The van der Waals surface area contributed by atoms with Gasteiger partial charge in [0.25, 0.3) is 0 Å². The van der Waals surface area contributed by atoms with Gasteiger partial charge in [0, 0.05) is 11.2 Å². The minimum Gasteiger partial charge on any atom is -0.380 e. The fourth-order valence-corrected chi connectivity index (χ4v) is 2.11. The summed E-state index contributed by atoms with van der Waals surface area (Å²) in [4.78, 5) is 0. The van der Waals surface area contributed by atoms with Gasteiger partial charge in [0.2, 0.25) is 0 Å². The van der Waals surface area contributed by atoms with E-state index in [1.807, 2.05) is 0 Å². The molecule has 0 atom stereocenters. The highest BCUT2D eigenvalue weighted by atomic mass is 14.9. The maximum absolute atomic E-state index is 3.54. The van der Waals surface area contributed by atoms with Crippen molar-refractivity contribution in [3.63, 3.8) is 0 Å². The molecule has 96 valence electrons. The standard InChI is InChI=1S/C16H27N/c1-11(2)14-9-8-13(17-16(5,6)7)10-15(14)12(3)4/h8-12,17H,1-7H3. The summed E-state index contributed by atoms with van der Waals surface area (Å²) in [6.07, 6.45) is 0. The van der Waals surface area contributed by atoms with Gasteiger partial charge >= 0.3 is 0 Å². The molecule has 0 fully saturated rings. The zero-order valence-electron chi connectivity index (χ0n) is 12.4. The Labute approximate surface area is 107 Å². The van der Waals surface area contributed by atoms with E-state index in [4.69, 9.17) is 0 Å². The molecule has 0 heterocycles. The summed E-state index contributed by atoms with van der Waals surface area (Å²) >= 11 is 0. The number of hydrogen-bond donors (Lipinski definition) is 1. The Morgan fingerprint density at radius 1 is 0.882 bits per heavy atom. The molecule has 1 nitrogen and oxygen atoms in total. The van der Waals surface area contributed by atoms with E-state index in [1.165, 1.54) is 16.8 Å². The van der Waals surface area contributed by atoms with E-state index in [2.05, 4.69) is 72.0 Å². The smallest absolute Gasteiger partial charge is 0.0347 e. The van der Waals surface area contributed by atoms with E-state index in [-0.39, 0.29) is 5.54 Å². The van der Waals surface area contributed by atoms with Crippen molar-refractivity contribution in [2.24, 2.45) is 0 Å². The Balaban J connectivity index is 3.10. The molecule has 1 heteroatoms. The van der Waals surface area contributed by atoms with Gasteiger partial charge in [-0.1, -0.05) is 33.8 Å². The third kappa shape index (κ3) is 4.07. The first-order valence-corrected chi connectivity index (χ1v) is 6.62. The van der Waals surface area contributed by atoms with Gasteiger partial charge in [-0.2, -0.15) is 0 Å². The molecular weight excluding hydrogens is 206 g/mol. The van der Waals surface area contributed by atoms with Crippen LogP contribution in [0.2, 0.25) is 0 Å². The lowest BCUT2D eigenvalue weighted by atomic mass is 9.90. The molecule has 1 N–H and O–H groups in total. The highest BCUT2D eigenvalue weighted by Crippen LogP contribution is 2.29. The molecule has 17 heavy (non-hydrogen) atoms. The van der Waals surface area contributed by atoms with Crippen LogP contribution >= 0.6 is 0 Å². The molecular formula is C16H27N. The second kappa shape index (κ2) is 5.12. The third-order valence-corrected chi connectivity index (χ3v) is 2.85. The molecule has 0 aliphatic carbocycles. The van der Waals surface area contributed by atoms with Crippen LogP contribution in [0, 0.1) is 0 Å². The van der Waals surface area contributed by atoms with Gasteiger partial charge in [0.1, 0.15) is 0 Å². The van der Waals surface area contributed by atoms with Crippen LogP contribution in [0.5, 0.6) is 0 Å². The largest absolute Gasteiger partial charge is 0.380 e. The quantitative estimate of drug-likeness (QED) is 0.762. The summed E-state index contributed by atoms with van der Waals surface area (Å²) in [6, 6.07) is 6.78. The summed E-state index contributed by atoms with van der Waals surface area (Å²) in [5.74, 6) is 1.17. The van der Waals surface area contributed by atoms with Crippen LogP contribution in [-0.4, -0.2) is 5.54 Å². The Kier molecular flexibility index (Phi) is 4.24. The molecule has 1 rings (SSSR count). The molecule has 0 amide bonds. The second-order valence-electron chi connectivity index (χ2n) is 6.53. The Bertz CT molecular complexity index is 370. The highest BCUT2D eigenvalue weighted by Gasteiger charge is 2.13. The van der Waals surface area contributed by atoms with Gasteiger partial charge < -0.3 is 5.32 Å². The topological polar surface area (TPSA) is 12.0 Å². The number of benzene rings is 1. The van der Waals surface area contributed by atoms with Gasteiger partial charge in [0.15, 0.2) is 0 Å². The maximum atomic E-state index is 3.54. The van der Waals surface area contributed by atoms with E-state index in [0.717, 1.165) is 0 Å². The van der Waals surface area contributed by atoms with Crippen molar-refractivity contribution in [2.45, 2.75) is 65.8 Å². The summed E-state index contributed by atoms with van der Waals surface area (Å²) in [5, 5.41) is 3.54. The van der Waals surface area contributed by atoms with E-state index in [0.29, 0.717) is 11.8 Å². The summed E-state index contributed by atoms with van der Waals surface area (Å²) < 4.78 is 0. The van der Waals surface area contributed by atoms with Gasteiger partial charge in [-0.15, -0.1) is 0 Å². The minimum atomic E-state index is 0.119. The average Bonchev–Trinajstić information content (AvgIpc) is 2.14. The lowest BCUT2D eigenvalue weighted by molar-refractivity contribution is 0.633. The molecule has 0 aromatic heterocycles. The van der Waals surface area contributed by atoms with Crippen molar-refractivity contribution < 1.29 is 0 Å². The van der Waals surface area contributed by atoms with Gasteiger partial charge in [0.05, 0.1) is 0 Å². The van der Waals surface area contributed by atoms with Crippen molar-refractivity contribution >= 4 is 5.69 Å². The summed E-state index contributed by atoms with van der Waals surface area (Å²) in [6.45, 7) is 15.6. The predicted molar refractivity (Wildman–Crippen MR) is 78.0 cm³/mol. The lowest BCUT2D eigenvalue weighted by Gasteiger charge is -2.24. The minimum absolute atomic E-state index is 0.119. The number of anilines is 1. The molecule has 1 aromatic rings. The van der Waals surface area contributed by atoms with Crippen LogP contribution in [-0.2, 0) is 0 Å². The van der Waals surface area contributed by atoms with Crippen LogP contribution in [0.15, 0.2) is 18.2 Å². The number of nitrogens with one attached hydrogen (secondary N) is 1. The van der Waals surface area contributed by atoms with Crippen LogP contribution in [0.4, 0.5) is 5.69 Å². The molecule has 0 aliphatic heterocycles. The first-order valence-electron chi connectivity index (χ1n) is 6.62. The monoisotopic (exact) mass is 233 g/mol. The molecule has 0 bridgehead atoms. The highest BCUT2D eigenvalue weighted by molar-refractivity contribution is 5.51. The number of hydrogen-bond acceptors (Lipinski definition) is 1. The van der Waals surface area contributed by atoms with Crippen LogP contribution in [0.1, 0.15) is 71.4 Å². The van der Waals surface area contributed by atoms with E-state index in [9.17, 15) is 0 Å². The molecule has 0 unspecified atom stereocenters. The predicted octanol–water partition coefficient (Wildman–Crippen LogP) is 5.14. The Morgan fingerprint density at radius 3 is 1.82 bits per heavy atom. The van der Waals surface area contributed by atoms with E-state index in [1.54, 1.807) is 0 Å². The zero-order valence-corrected chi connectivity index (χ0v) is 12.4. The number of rotatable bonds is 3. The van der Waals surface area contributed by atoms with Gasteiger partial charge in [-0.3, -0.25) is 0 Å². The van der Waals surface area contributed by atoms with Crippen molar-refractivity contribution in [3.05, 3.63) is 29.3 Å². The molecule has 1 aromatic carbocycles. The van der Waals surface area contributed by atoms with Crippen LogP contribution < -0.4 is 5.32 Å². The Morgan fingerprint density at radius 2 is 1.41 bits per heavy atom. The first-order chi connectivity index (χ1) is 7.70. The first kappa shape index (κ1) is 14.1. The molecule has 0 radical (unpaired) electrons. The third-order valence-electron chi connectivity index (χ3n) is 2.85. The van der Waals surface area contributed by atoms with Gasteiger partial charge in [-0.25, -0.2) is 0 Å². The fraction of sp³-hybridized carbons (Fsp3) is 0.625. The van der Waals surface area contributed by atoms with Gasteiger partial charge in [-0.05, 0) is 55.9 Å². The van der Waals surface area contributed by atoms with Crippen LogP contribution in [0.25, 0.3) is 0 Å². The molecule has 0 spiro atoms. The van der Waals surface area contributed by atoms with Crippen molar-refractivity contribution in [1.29, 1.82) is 0 Å². The van der Waals surface area contributed by atoms with Crippen molar-refractivity contribution in [2.75, 3.05) is 5.32 Å². The zero-order chi connectivity index (χ0) is 13.2. The average molecular weight is 233 g/mol. The summed E-state index contributed by atoms with van der Waals surface area (Å²) in [7, 11) is 0. The van der Waals surface area contributed by atoms with Crippen LogP contribution in [0.3, 0.4) is 0 Å². The molecule has 0 aliphatic rings. The van der Waals surface area contributed by atoms with Crippen molar-refractivity contribution in [1.82, 2.24) is 0 Å². The molecule has 0 saturated carbocycles. The normalized spacial score (nSPS) is 12.3. The SMILES string of the molecule is CC(C)c1ccc(NC(C)(C)C)cc1C(C)C. The second-order valence-corrected chi connectivity index (χ2v) is 6.53. The molecule has 0 saturated heterocycles. The Hall–Kier alpha value is -0.980. The van der Waals surface area contributed by atoms with E-state index < -0.39 is 0 Å².